The molecule has 0 amide bonds. The van der Waals surface area contributed by atoms with Crippen LogP contribution < -0.4 is 0 Å². The van der Waals surface area contributed by atoms with Crippen LogP contribution in [-0.2, 0) is 35.4 Å². The monoisotopic (exact) mass is 527 g/mol. The number of alkyl halides is 1. The fourth-order valence-electron chi connectivity index (χ4n) is 3.76. The Morgan fingerprint density at radius 2 is 1.22 bits per heavy atom. The summed E-state index contributed by atoms with van der Waals surface area (Å²) in [6.07, 6.45) is 0. The molecule has 4 rings (SSSR count). The number of carbonyl (C=O) groups excluding carboxylic acids is 1. The first kappa shape index (κ1) is 25.5. The van der Waals surface area contributed by atoms with Gasteiger partial charge in [0.05, 0.1) is 16.4 Å². The first-order valence-electron chi connectivity index (χ1n) is 10.9. The molecule has 0 saturated carbocycles. The fourth-order valence-corrected chi connectivity index (χ4v) is 7.71. The number of fused-ring (bicyclic) bond motifs is 1. The van der Waals surface area contributed by atoms with Gasteiger partial charge in [-0.25, -0.2) is 26.0 Å². The van der Waals surface area contributed by atoms with Crippen molar-refractivity contribution < 1.29 is 30.8 Å². The van der Waals surface area contributed by atoms with Crippen LogP contribution in [0.1, 0.15) is 12.5 Å². The van der Waals surface area contributed by atoms with Gasteiger partial charge in [-0.15, -0.1) is 0 Å². The third-order valence-corrected chi connectivity index (χ3v) is 9.74. The zero-order valence-corrected chi connectivity index (χ0v) is 20.7. The van der Waals surface area contributed by atoms with Gasteiger partial charge in [0.2, 0.25) is 0 Å². The maximum absolute atomic E-state index is 17.4. The molecule has 0 aromatic heterocycles. The van der Waals surface area contributed by atoms with Gasteiger partial charge in [0, 0.05) is 5.56 Å². The molecule has 0 saturated heterocycles. The third-order valence-electron chi connectivity index (χ3n) is 5.45. The SMILES string of the molecule is CCOC(=O)C(F)(c1ccc2ccccc2c1)N(S(=O)(=O)c1ccccc1)S(=O)(=O)c1ccccc1. The summed E-state index contributed by atoms with van der Waals surface area (Å²) in [4.78, 5) is 12.2. The minimum atomic E-state index is -5.16. The van der Waals surface area contributed by atoms with Crippen LogP contribution in [0.25, 0.3) is 10.8 Å². The topological polar surface area (TPSA) is 97.8 Å². The lowest BCUT2D eigenvalue weighted by molar-refractivity contribution is -0.164. The van der Waals surface area contributed by atoms with Gasteiger partial charge in [-0.05, 0) is 51.7 Å². The van der Waals surface area contributed by atoms with E-state index in [9.17, 15) is 21.6 Å². The van der Waals surface area contributed by atoms with Gasteiger partial charge in [0.1, 0.15) is 0 Å². The predicted molar refractivity (Wildman–Crippen MR) is 132 cm³/mol. The van der Waals surface area contributed by atoms with E-state index in [1.807, 2.05) is 0 Å². The zero-order chi connectivity index (χ0) is 26.0. The van der Waals surface area contributed by atoms with E-state index in [0.29, 0.717) is 10.8 Å². The number of ether oxygens (including phenoxy) is 1. The Bertz CT molecular complexity index is 1540. The first-order valence-corrected chi connectivity index (χ1v) is 13.8. The maximum atomic E-state index is 17.4. The van der Waals surface area contributed by atoms with Crippen LogP contribution in [0.5, 0.6) is 0 Å². The number of halogens is 1. The Morgan fingerprint density at radius 3 is 1.72 bits per heavy atom. The molecule has 4 aromatic carbocycles. The molecule has 7 nitrogen and oxygen atoms in total. The number of rotatable bonds is 8. The van der Waals surface area contributed by atoms with E-state index in [2.05, 4.69) is 0 Å². The van der Waals surface area contributed by atoms with Gasteiger partial charge >= 0.3 is 11.8 Å². The van der Waals surface area contributed by atoms with Crippen molar-refractivity contribution in [2.75, 3.05) is 6.61 Å². The highest BCUT2D eigenvalue weighted by Gasteiger charge is 2.60. The molecule has 0 spiro atoms. The summed E-state index contributed by atoms with van der Waals surface area (Å²) in [5.74, 6) is -5.44. The van der Waals surface area contributed by atoms with Crippen molar-refractivity contribution in [3.8, 4) is 0 Å². The normalized spacial score (nSPS) is 13.9. The smallest absolute Gasteiger partial charge is 0.366 e. The molecular weight excluding hydrogens is 505 g/mol. The highest BCUT2D eigenvalue weighted by atomic mass is 32.3. The van der Waals surface area contributed by atoms with Crippen molar-refractivity contribution in [2.24, 2.45) is 0 Å². The fraction of sp³-hybridized carbons (Fsp3) is 0.115. The van der Waals surface area contributed by atoms with Crippen LogP contribution in [0.3, 0.4) is 0 Å². The van der Waals surface area contributed by atoms with E-state index in [1.165, 1.54) is 61.5 Å². The van der Waals surface area contributed by atoms with E-state index >= 15 is 4.39 Å². The van der Waals surface area contributed by atoms with Crippen LogP contribution in [-0.4, -0.2) is 33.1 Å². The number of sulfonamides is 2. The van der Waals surface area contributed by atoms with Crippen LogP contribution in [0.2, 0.25) is 0 Å². The predicted octanol–water partition coefficient (Wildman–Crippen LogP) is 4.61. The molecule has 0 aliphatic heterocycles. The van der Waals surface area contributed by atoms with E-state index < -0.39 is 47.2 Å². The summed E-state index contributed by atoms with van der Waals surface area (Å²) in [5.41, 5.74) is -0.515. The highest BCUT2D eigenvalue weighted by Crippen LogP contribution is 2.42. The molecule has 0 aliphatic rings. The lowest BCUT2D eigenvalue weighted by Crippen LogP contribution is -2.54. The summed E-state index contributed by atoms with van der Waals surface area (Å²) >= 11 is 0. The van der Waals surface area contributed by atoms with E-state index in [0.717, 1.165) is 24.3 Å². The molecule has 1 unspecified atom stereocenters. The van der Waals surface area contributed by atoms with Crippen molar-refractivity contribution in [3.05, 3.63) is 109 Å². The quantitative estimate of drug-likeness (QED) is 0.245. The second kappa shape index (κ2) is 9.81. The van der Waals surface area contributed by atoms with Crippen LogP contribution in [0.15, 0.2) is 113 Å². The Labute approximate surface area is 208 Å². The van der Waals surface area contributed by atoms with Gasteiger partial charge in [0.25, 0.3) is 20.0 Å². The summed E-state index contributed by atoms with van der Waals surface area (Å²) in [7, 11) is -10.3. The third kappa shape index (κ3) is 4.39. The van der Waals surface area contributed by atoms with Crippen molar-refractivity contribution in [1.82, 2.24) is 3.71 Å². The Morgan fingerprint density at radius 1 is 0.750 bits per heavy atom. The number of hydrogen-bond acceptors (Lipinski definition) is 6. The zero-order valence-electron chi connectivity index (χ0n) is 19.1. The standard InChI is InChI=1S/C26H22FNO6S2/c1-2-34-25(29)26(27,22-18-17-20-11-9-10-12-21(20)19-22)28(35(30,31)23-13-5-3-6-14-23)36(32,33)24-15-7-4-8-16-24/h3-19H,2H2,1H3. The minimum Gasteiger partial charge on any atom is -0.462 e. The molecular formula is C26H22FNO6S2. The van der Waals surface area contributed by atoms with Gasteiger partial charge in [0.15, 0.2) is 0 Å². The average Bonchev–Trinajstić information content (AvgIpc) is 2.89. The molecule has 0 aliphatic carbocycles. The second-order valence-electron chi connectivity index (χ2n) is 7.74. The molecule has 0 N–H and O–H groups in total. The van der Waals surface area contributed by atoms with Crippen molar-refractivity contribution in [3.63, 3.8) is 0 Å². The molecule has 0 fully saturated rings. The van der Waals surface area contributed by atoms with Crippen molar-refractivity contribution >= 4 is 36.8 Å². The number of benzene rings is 4. The lowest BCUT2D eigenvalue weighted by Gasteiger charge is -2.34. The Hall–Kier alpha value is -3.60. The molecule has 0 bridgehead atoms. The van der Waals surface area contributed by atoms with Gasteiger partial charge in [-0.1, -0.05) is 72.8 Å². The molecule has 1 atom stereocenters. The minimum absolute atomic E-state index is 0.317. The molecule has 36 heavy (non-hydrogen) atoms. The molecule has 0 heterocycles. The van der Waals surface area contributed by atoms with Gasteiger partial charge in [-0.3, -0.25) is 0 Å². The van der Waals surface area contributed by atoms with Crippen LogP contribution >= 0.6 is 0 Å². The number of esters is 1. The molecule has 10 heteroatoms. The molecule has 186 valence electrons. The Balaban J connectivity index is 2.09. The van der Waals surface area contributed by atoms with Gasteiger partial charge < -0.3 is 4.74 Å². The number of nitrogens with zero attached hydrogens (tertiary/aromatic N) is 1. The average molecular weight is 528 g/mol. The van der Waals surface area contributed by atoms with Crippen molar-refractivity contribution in [2.45, 2.75) is 22.5 Å². The number of hydrogen-bond donors (Lipinski definition) is 0. The van der Waals surface area contributed by atoms with Crippen molar-refractivity contribution in [1.29, 1.82) is 0 Å². The largest absolute Gasteiger partial charge is 0.462 e. The summed E-state index contributed by atoms with van der Waals surface area (Å²) in [6, 6.07) is 23.6. The summed E-state index contributed by atoms with van der Waals surface area (Å²) < 4.78 is 77.3. The van der Waals surface area contributed by atoms with E-state index in [-0.39, 0.29) is 10.3 Å². The maximum Gasteiger partial charge on any atom is 0.366 e. The summed E-state index contributed by atoms with van der Waals surface area (Å²) in [5, 5.41) is 1.14. The molecule has 4 aromatic rings. The first-order chi connectivity index (χ1) is 17.1. The highest BCUT2D eigenvalue weighted by molar-refractivity contribution is 8.04. The van der Waals surface area contributed by atoms with Crippen LogP contribution in [0.4, 0.5) is 4.39 Å². The number of carbonyl (C=O) groups is 1. The van der Waals surface area contributed by atoms with E-state index in [1.54, 1.807) is 24.3 Å². The van der Waals surface area contributed by atoms with E-state index in [4.69, 9.17) is 4.74 Å². The Kier molecular flexibility index (Phi) is 6.94. The second-order valence-corrected chi connectivity index (χ2v) is 11.5. The van der Waals surface area contributed by atoms with Gasteiger partial charge in [-0.2, -0.15) is 0 Å². The molecule has 0 radical (unpaired) electrons. The summed E-state index contributed by atoms with van der Waals surface area (Å²) in [6.45, 7) is 1.09. The lowest BCUT2D eigenvalue weighted by atomic mass is 10.0. The van der Waals surface area contributed by atoms with Crippen LogP contribution in [0, 0.1) is 0 Å².